The number of nitrogens with zero attached hydrogens (tertiary/aromatic N) is 5. The van der Waals surface area contributed by atoms with Gasteiger partial charge in [-0.3, -0.25) is 9.48 Å². The Labute approximate surface area is 136 Å². The van der Waals surface area contributed by atoms with Gasteiger partial charge < -0.3 is 5.32 Å². The highest BCUT2D eigenvalue weighted by Gasteiger charge is 2.25. The fourth-order valence-corrected chi connectivity index (χ4v) is 3.27. The summed E-state index contributed by atoms with van der Waals surface area (Å²) in [5.41, 5.74) is 1.63. The minimum atomic E-state index is -0.0217. The maximum atomic E-state index is 12.5. The summed E-state index contributed by atoms with van der Waals surface area (Å²) in [5.74, 6) is -0.0217. The second-order valence-electron chi connectivity index (χ2n) is 6.25. The van der Waals surface area contributed by atoms with Gasteiger partial charge in [-0.25, -0.2) is 9.67 Å². The summed E-state index contributed by atoms with van der Waals surface area (Å²) in [6, 6.07) is 2.53. The van der Waals surface area contributed by atoms with E-state index in [0.29, 0.717) is 11.7 Å². The highest BCUT2D eigenvalue weighted by atomic mass is 16.2. The van der Waals surface area contributed by atoms with Crippen molar-refractivity contribution in [2.75, 3.05) is 0 Å². The van der Waals surface area contributed by atoms with E-state index in [1.165, 1.54) is 0 Å². The molecule has 1 saturated carbocycles. The van der Waals surface area contributed by atoms with Gasteiger partial charge in [0.1, 0.15) is 18.3 Å². The highest BCUT2D eigenvalue weighted by molar-refractivity contribution is 5.92. The number of carbonyl (C=O) groups excluding carboxylic acids is 1. The molecule has 1 amide bonds. The third kappa shape index (κ3) is 3.60. The highest BCUT2D eigenvalue weighted by Crippen LogP contribution is 2.27. The summed E-state index contributed by atoms with van der Waals surface area (Å²) < 4.78 is 3.61. The van der Waals surface area contributed by atoms with Crippen molar-refractivity contribution in [3.63, 3.8) is 0 Å². The quantitative estimate of drug-likeness (QED) is 0.913. The number of carbonyl (C=O) groups is 1. The van der Waals surface area contributed by atoms with Gasteiger partial charge in [-0.15, -0.1) is 0 Å². The maximum absolute atomic E-state index is 12.5. The van der Waals surface area contributed by atoms with Gasteiger partial charge in [-0.1, -0.05) is 13.3 Å². The second-order valence-corrected chi connectivity index (χ2v) is 6.25. The summed E-state index contributed by atoms with van der Waals surface area (Å²) in [5, 5.41) is 11.8. The lowest BCUT2D eigenvalue weighted by Gasteiger charge is -2.28. The molecule has 0 aliphatic heterocycles. The first-order chi connectivity index (χ1) is 11.2. The molecule has 1 fully saturated rings. The van der Waals surface area contributed by atoms with Gasteiger partial charge in [0, 0.05) is 13.1 Å². The molecule has 2 heterocycles. The Kier molecular flexibility index (Phi) is 4.73. The zero-order valence-corrected chi connectivity index (χ0v) is 13.8. The van der Waals surface area contributed by atoms with Gasteiger partial charge in [0.05, 0.1) is 11.7 Å². The molecule has 2 aromatic heterocycles. The number of amides is 1. The van der Waals surface area contributed by atoms with Gasteiger partial charge in [0.2, 0.25) is 0 Å². The van der Waals surface area contributed by atoms with Gasteiger partial charge in [0.15, 0.2) is 0 Å². The molecular formula is C16H24N6O. The molecule has 0 unspecified atom stereocenters. The Balaban J connectivity index is 1.55. The first-order valence-electron chi connectivity index (χ1n) is 8.35. The number of rotatable bonds is 5. The number of nitrogens with one attached hydrogen (secondary N) is 1. The van der Waals surface area contributed by atoms with Gasteiger partial charge in [0.25, 0.3) is 5.91 Å². The average Bonchev–Trinajstić information content (AvgIpc) is 3.18. The van der Waals surface area contributed by atoms with E-state index in [-0.39, 0.29) is 11.9 Å². The van der Waals surface area contributed by atoms with E-state index in [9.17, 15) is 4.79 Å². The van der Waals surface area contributed by atoms with Gasteiger partial charge in [-0.2, -0.15) is 10.2 Å². The van der Waals surface area contributed by atoms with Crippen LogP contribution in [0.4, 0.5) is 0 Å². The van der Waals surface area contributed by atoms with Crippen LogP contribution in [-0.2, 0) is 13.5 Å². The van der Waals surface area contributed by atoms with E-state index in [0.717, 1.165) is 44.2 Å². The molecular weight excluding hydrogens is 292 g/mol. The van der Waals surface area contributed by atoms with Gasteiger partial charge >= 0.3 is 0 Å². The lowest BCUT2D eigenvalue weighted by molar-refractivity contribution is 0.0912. The molecule has 2 aromatic rings. The normalized spacial score (nSPS) is 21.3. The van der Waals surface area contributed by atoms with Crippen molar-refractivity contribution < 1.29 is 4.79 Å². The van der Waals surface area contributed by atoms with Crippen molar-refractivity contribution in [3.05, 3.63) is 30.1 Å². The summed E-state index contributed by atoms with van der Waals surface area (Å²) in [4.78, 5) is 16.5. The molecule has 3 rings (SSSR count). The summed E-state index contributed by atoms with van der Waals surface area (Å²) in [6.45, 7) is 2.11. The molecule has 0 atom stereocenters. The van der Waals surface area contributed by atoms with E-state index in [1.54, 1.807) is 17.3 Å². The van der Waals surface area contributed by atoms with E-state index in [2.05, 4.69) is 27.4 Å². The predicted molar refractivity (Wildman–Crippen MR) is 86.0 cm³/mol. The molecule has 0 bridgehead atoms. The Bertz CT molecular complexity index is 640. The standard InChI is InChI=1S/C16H24N6O/c1-3-4-13-9-15(21(2)20-13)16(23)19-12-5-7-14(8-6-12)22-11-17-10-18-22/h9-12,14H,3-8H2,1-2H3,(H,19,23). The third-order valence-corrected chi connectivity index (χ3v) is 4.51. The van der Waals surface area contributed by atoms with Crippen LogP contribution in [0, 0.1) is 0 Å². The summed E-state index contributed by atoms with van der Waals surface area (Å²) >= 11 is 0. The molecule has 1 N–H and O–H groups in total. The lowest BCUT2D eigenvalue weighted by atomic mass is 9.91. The third-order valence-electron chi connectivity index (χ3n) is 4.51. The van der Waals surface area contributed by atoms with Crippen LogP contribution in [0.3, 0.4) is 0 Å². The van der Waals surface area contributed by atoms with E-state index >= 15 is 0 Å². The van der Waals surface area contributed by atoms with Crippen LogP contribution >= 0.6 is 0 Å². The molecule has 7 heteroatoms. The minimum Gasteiger partial charge on any atom is -0.348 e. The molecule has 0 radical (unpaired) electrons. The topological polar surface area (TPSA) is 77.6 Å². The van der Waals surface area contributed by atoms with Crippen LogP contribution in [0.5, 0.6) is 0 Å². The number of hydrogen-bond acceptors (Lipinski definition) is 4. The Morgan fingerprint density at radius 3 is 2.78 bits per heavy atom. The first-order valence-corrected chi connectivity index (χ1v) is 8.35. The van der Waals surface area contributed by atoms with Crippen molar-refractivity contribution in [1.29, 1.82) is 0 Å². The minimum absolute atomic E-state index is 0.0217. The molecule has 1 aliphatic carbocycles. The van der Waals surface area contributed by atoms with E-state index in [4.69, 9.17) is 0 Å². The van der Waals surface area contributed by atoms with Crippen molar-refractivity contribution in [2.45, 2.75) is 57.5 Å². The van der Waals surface area contributed by atoms with Gasteiger partial charge in [-0.05, 0) is 38.2 Å². The van der Waals surface area contributed by atoms with Crippen molar-refractivity contribution in [3.8, 4) is 0 Å². The molecule has 7 nitrogen and oxygen atoms in total. The molecule has 23 heavy (non-hydrogen) atoms. The van der Waals surface area contributed by atoms with E-state index in [1.807, 2.05) is 17.8 Å². The van der Waals surface area contributed by atoms with Crippen LogP contribution < -0.4 is 5.32 Å². The monoisotopic (exact) mass is 316 g/mol. The molecule has 1 aliphatic rings. The van der Waals surface area contributed by atoms with Crippen LogP contribution in [0.15, 0.2) is 18.7 Å². The zero-order chi connectivity index (χ0) is 16.2. The number of aryl methyl sites for hydroxylation is 2. The largest absolute Gasteiger partial charge is 0.348 e. The summed E-state index contributed by atoms with van der Waals surface area (Å²) in [6.07, 6.45) is 9.25. The predicted octanol–water partition coefficient (Wildman–Crippen LogP) is 1.88. The fourth-order valence-electron chi connectivity index (χ4n) is 3.27. The SMILES string of the molecule is CCCc1cc(C(=O)NC2CCC(n3cncn3)CC2)n(C)n1. The number of aromatic nitrogens is 5. The van der Waals surface area contributed by atoms with Crippen LogP contribution in [-0.4, -0.2) is 36.5 Å². The maximum Gasteiger partial charge on any atom is 0.269 e. The average molecular weight is 316 g/mol. The molecule has 0 aromatic carbocycles. The Morgan fingerprint density at radius 2 is 2.13 bits per heavy atom. The molecule has 0 spiro atoms. The number of hydrogen-bond donors (Lipinski definition) is 1. The Morgan fingerprint density at radius 1 is 1.35 bits per heavy atom. The second kappa shape index (κ2) is 6.93. The molecule has 0 saturated heterocycles. The van der Waals surface area contributed by atoms with E-state index < -0.39 is 0 Å². The van der Waals surface area contributed by atoms with Crippen molar-refractivity contribution in [1.82, 2.24) is 29.9 Å². The van der Waals surface area contributed by atoms with Crippen LogP contribution in [0.2, 0.25) is 0 Å². The van der Waals surface area contributed by atoms with Crippen LogP contribution in [0.25, 0.3) is 0 Å². The molecule has 124 valence electrons. The fraction of sp³-hybridized carbons (Fsp3) is 0.625. The zero-order valence-electron chi connectivity index (χ0n) is 13.8. The van der Waals surface area contributed by atoms with Crippen LogP contribution in [0.1, 0.15) is 61.3 Å². The smallest absolute Gasteiger partial charge is 0.269 e. The Hall–Kier alpha value is -2.18. The first kappa shape index (κ1) is 15.7. The summed E-state index contributed by atoms with van der Waals surface area (Å²) in [7, 11) is 1.83. The lowest BCUT2D eigenvalue weighted by Crippen LogP contribution is -2.38. The van der Waals surface area contributed by atoms with Crippen molar-refractivity contribution >= 4 is 5.91 Å². The van der Waals surface area contributed by atoms with Crippen molar-refractivity contribution in [2.24, 2.45) is 7.05 Å².